The molecule has 4 rings (SSSR count). The Balaban J connectivity index is 1.76. The maximum Gasteiger partial charge on any atom is 0.391 e. The molecule has 2 fully saturated rings. The molecule has 0 bridgehead atoms. The van der Waals surface area contributed by atoms with E-state index in [2.05, 4.69) is 10.1 Å². The number of carboxylic acid groups (broad SMARTS) is 1. The van der Waals surface area contributed by atoms with Crippen LogP contribution in [0.25, 0.3) is 5.65 Å². The number of rotatable bonds is 5. The monoisotopic (exact) mass is 486 g/mol. The number of hydrogen-bond acceptors (Lipinski definition) is 5. The Kier molecular flexibility index (Phi) is 6.41. The first-order chi connectivity index (χ1) is 16.0. The second kappa shape index (κ2) is 8.88. The Labute approximate surface area is 195 Å². The molecule has 1 saturated heterocycles. The Hall–Kier alpha value is -2.59. The molecule has 2 aliphatic rings. The number of anilines is 1. The first-order valence-corrected chi connectivity index (χ1v) is 11.7. The van der Waals surface area contributed by atoms with Crippen LogP contribution in [-0.2, 0) is 4.79 Å². The normalized spacial score (nSPS) is 26.1. The molecule has 1 aliphatic heterocycles. The second-order valence-corrected chi connectivity index (χ2v) is 9.54. The molecule has 0 unspecified atom stereocenters. The number of fused-ring (bicyclic) bond motifs is 1. The summed E-state index contributed by atoms with van der Waals surface area (Å²) in [6.07, 6.45) is -2.38. The molecule has 11 heteroatoms. The molecule has 0 spiro atoms. The average molecular weight is 487 g/mol. The van der Waals surface area contributed by atoms with Crippen LogP contribution in [0.4, 0.5) is 23.4 Å². The largest absolute Gasteiger partial charge is 0.491 e. The van der Waals surface area contributed by atoms with Crippen molar-refractivity contribution in [3.8, 4) is 5.75 Å². The van der Waals surface area contributed by atoms with Gasteiger partial charge in [0.15, 0.2) is 23.0 Å². The van der Waals surface area contributed by atoms with Gasteiger partial charge < -0.3 is 14.7 Å². The quantitative estimate of drug-likeness (QED) is 0.593. The van der Waals surface area contributed by atoms with Crippen molar-refractivity contribution in [2.75, 3.05) is 25.1 Å². The van der Waals surface area contributed by atoms with E-state index in [9.17, 15) is 23.1 Å². The van der Waals surface area contributed by atoms with Crippen LogP contribution >= 0.6 is 0 Å². The van der Waals surface area contributed by atoms with Crippen molar-refractivity contribution in [2.24, 2.45) is 11.3 Å². The molecule has 0 amide bonds. The topological polar surface area (TPSA) is 80.0 Å². The maximum atomic E-state index is 15.5. The molecule has 0 aromatic carbocycles. The van der Waals surface area contributed by atoms with Crippen LogP contribution in [0.3, 0.4) is 0 Å². The van der Waals surface area contributed by atoms with Gasteiger partial charge in [-0.25, -0.2) is 9.37 Å². The molecule has 0 radical (unpaired) electrons. The van der Waals surface area contributed by atoms with Crippen LogP contribution in [0.5, 0.6) is 5.75 Å². The number of nitrogens with zero attached hydrogens (tertiary/aromatic N) is 4. The van der Waals surface area contributed by atoms with Gasteiger partial charge in [0.25, 0.3) is 0 Å². The van der Waals surface area contributed by atoms with Gasteiger partial charge in [-0.05, 0) is 51.9 Å². The first-order valence-electron chi connectivity index (χ1n) is 11.7. The number of aryl methyl sites for hydroxylation is 1. The number of methoxy groups -OCH3 is 1. The minimum Gasteiger partial charge on any atom is -0.491 e. The average Bonchev–Trinajstić information content (AvgIpc) is 3.13. The predicted molar refractivity (Wildman–Crippen MR) is 117 cm³/mol. The van der Waals surface area contributed by atoms with Crippen LogP contribution in [0.2, 0.25) is 0 Å². The zero-order valence-corrected chi connectivity index (χ0v) is 19.6. The van der Waals surface area contributed by atoms with Crippen molar-refractivity contribution in [3.05, 3.63) is 17.2 Å². The highest BCUT2D eigenvalue weighted by Crippen LogP contribution is 2.45. The molecule has 1 N–H and O–H groups in total. The third kappa shape index (κ3) is 4.07. The molecule has 188 valence electrons. The van der Waals surface area contributed by atoms with Crippen LogP contribution in [-0.4, -0.2) is 52.0 Å². The third-order valence-corrected chi connectivity index (χ3v) is 7.62. The molecule has 1 atom stereocenters. The highest BCUT2D eigenvalue weighted by molar-refractivity contribution is 5.76. The third-order valence-electron chi connectivity index (χ3n) is 7.62. The predicted octanol–water partition coefficient (Wildman–Crippen LogP) is 5.10. The minimum atomic E-state index is -4.24. The van der Waals surface area contributed by atoms with E-state index in [0.717, 1.165) is 0 Å². The summed E-state index contributed by atoms with van der Waals surface area (Å²) in [7, 11) is 1.47. The fourth-order valence-corrected chi connectivity index (χ4v) is 5.52. The van der Waals surface area contributed by atoms with E-state index in [1.807, 2.05) is 11.8 Å². The van der Waals surface area contributed by atoms with E-state index >= 15 is 4.39 Å². The highest BCUT2D eigenvalue weighted by atomic mass is 19.4. The first kappa shape index (κ1) is 24.5. The second-order valence-electron chi connectivity index (χ2n) is 9.54. The van der Waals surface area contributed by atoms with Crippen LogP contribution in [0.15, 0.2) is 0 Å². The van der Waals surface area contributed by atoms with Gasteiger partial charge in [-0.3, -0.25) is 4.79 Å². The number of aliphatic carboxylic acids is 1. The van der Waals surface area contributed by atoms with Gasteiger partial charge in [-0.2, -0.15) is 22.8 Å². The lowest BCUT2D eigenvalue weighted by Gasteiger charge is -2.40. The molecule has 1 aliphatic carbocycles. The molecule has 3 heterocycles. The molecule has 7 nitrogen and oxygen atoms in total. The Bertz CT molecular complexity index is 1080. The fourth-order valence-electron chi connectivity index (χ4n) is 5.52. The summed E-state index contributed by atoms with van der Waals surface area (Å²) in [5.41, 5.74) is -0.431. The molecule has 2 aromatic heterocycles. The van der Waals surface area contributed by atoms with Crippen molar-refractivity contribution in [3.63, 3.8) is 0 Å². The van der Waals surface area contributed by atoms with Crippen molar-refractivity contribution in [1.29, 1.82) is 0 Å². The van der Waals surface area contributed by atoms with Gasteiger partial charge in [0, 0.05) is 19.0 Å². The summed E-state index contributed by atoms with van der Waals surface area (Å²) >= 11 is 0. The summed E-state index contributed by atoms with van der Waals surface area (Å²) in [5, 5.41) is 14.4. The molecule has 34 heavy (non-hydrogen) atoms. The van der Waals surface area contributed by atoms with Crippen molar-refractivity contribution < 1.29 is 32.2 Å². The van der Waals surface area contributed by atoms with E-state index in [1.165, 1.54) is 11.6 Å². The van der Waals surface area contributed by atoms with E-state index in [-0.39, 0.29) is 43.6 Å². The smallest absolute Gasteiger partial charge is 0.391 e. The summed E-state index contributed by atoms with van der Waals surface area (Å²) in [6.45, 7) is 4.26. The van der Waals surface area contributed by atoms with Crippen LogP contribution < -0.4 is 9.64 Å². The van der Waals surface area contributed by atoms with Gasteiger partial charge in [-0.1, -0.05) is 6.92 Å². The van der Waals surface area contributed by atoms with E-state index < -0.39 is 35.2 Å². The van der Waals surface area contributed by atoms with Crippen molar-refractivity contribution >= 4 is 17.4 Å². The fraction of sp³-hybridized carbons (Fsp3) is 0.696. The number of aromatic nitrogens is 3. The van der Waals surface area contributed by atoms with Crippen molar-refractivity contribution in [2.45, 2.75) is 70.9 Å². The summed E-state index contributed by atoms with van der Waals surface area (Å²) in [6, 6.07) is 0. The standard InChI is InChI=1S/C23H30F4N4O3/c1-4-22(21(32)33)10-5-11-30(12-22)20-18(34-3)13(2)28-19-16(24)17(29-31(19)20)14-6-8-15(9-7-14)23(25,26)27/h14-15H,4-12H2,1-3H3,(H,32,33)/t14?,15?,22-/m0/s1. The van der Waals surface area contributed by atoms with E-state index in [4.69, 9.17) is 4.74 Å². The SMILES string of the molecule is CC[C@]1(C(=O)O)CCCN(c2c(OC)c(C)nc3c(F)c(C4CCC(C(F)(F)F)CC4)nn23)C1. The zero-order chi connectivity index (χ0) is 24.8. The van der Waals surface area contributed by atoms with E-state index in [1.54, 1.807) is 6.92 Å². The maximum absolute atomic E-state index is 15.5. The molecular formula is C23H30F4N4O3. The molecule has 2 aromatic rings. The summed E-state index contributed by atoms with van der Waals surface area (Å²) in [4.78, 5) is 18.3. The van der Waals surface area contributed by atoms with Gasteiger partial charge >= 0.3 is 12.1 Å². The Morgan fingerprint density at radius 2 is 1.94 bits per heavy atom. The van der Waals surface area contributed by atoms with E-state index in [0.29, 0.717) is 43.1 Å². The van der Waals surface area contributed by atoms with Crippen LogP contribution in [0.1, 0.15) is 69.2 Å². The number of ether oxygens (including phenoxy) is 1. The number of piperidine rings is 1. The lowest BCUT2D eigenvalue weighted by atomic mass is 9.77. The van der Waals surface area contributed by atoms with Crippen LogP contribution in [0, 0.1) is 24.1 Å². The lowest BCUT2D eigenvalue weighted by molar-refractivity contribution is -0.182. The number of hydrogen-bond donors (Lipinski definition) is 1. The zero-order valence-electron chi connectivity index (χ0n) is 19.6. The summed E-state index contributed by atoms with van der Waals surface area (Å²) in [5.74, 6) is -2.52. The number of alkyl halides is 3. The lowest BCUT2D eigenvalue weighted by Crippen LogP contribution is -2.48. The summed E-state index contributed by atoms with van der Waals surface area (Å²) < 4.78 is 61.7. The van der Waals surface area contributed by atoms with Gasteiger partial charge in [-0.15, -0.1) is 0 Å². The van der Waals surface area contributed by atoms with Crippen molar-refractivity contribution in [1.82, 2.24) is 14.6 Å². The van der Waals surface area contributed by atoms with Gasteiger partial charge in [0.05, 0.1) is 24.1 Å². The Morgan fingerprint density at radius 1 is 1.26 bits per heavy atom. The number of carboxylic acids is 1. The number of halogens is 4. The highest BCUT2D eigenvalue weighted by Gasteiger charge is 2.44. The van der Waals surface area contributed by atoms with Gasteiger partial charge in [0.2, 0.25) is 0 Å². The molecular weight excluding hydrogens is 456 g/mol. The minimum absolute atomic E-state index is 0.0239. The molecule has 1 saturated carbocycles. The van der Waals surface area contributed by atoms with Gasteiger partial charge in [0.1, 0.15) is 5.69 Å². The Morgan fingerprint density at radius 3 is 2.50 bits per heavy atom. The number of carbonyl (C=O) groups is 1.